The van der Waals surface area contributed by atoms with Gasteiger partial charge in [-0.25, -0.2) is 0 Å². The zero-order valence-electron chi connectivity index (χ0n) is 15.4. The van der Waals surface area contributed by atoms with Crippen molar-refractivity contribution in [1.82, 2.24) is 4.90 Å². The Morgan fingerprint density at radius 3 is 2.33 bits per heavy atom. The minimum absolute atomic E-state index is 0.813. The van der Waals surface area contributed by atoms with Crippen molar-refractivity contribution in [3.63, 3.8) is 0 Å². The number of quaternary nitrogens is 1. The highest BCUT2D eigenvalue weighted by atomic mass is 32.1. The molecular weight excluding hydrogens is 314 g/mol. The molecule has 0 aromatic heterocycles. The summed E-state index contributed by atoms with van der Waals surface area (Å²) in [5.74, 6) is 0. The van der Waals surface area contributed by atoms with Gasteiger partial charge in [-0.2, -0.15) is 0 Å². The van der Waals surface area contributed by atoms with Gasteiger partial charge in [0.2, 0.25) is 0 Å². The van der Waals surface area contributed by atoms with E-state index in [1.165, 1.54) is 49.7 Å². The van der Waals surface area contributed by atoms with Crippen LogP contribution in [0.5, 0.6) is 0 Å². The summed E-state index contributed by atoms with van der Waals surface area (Å²) < 4.78 is 0. The van der Waals surface area contributed by atoms with Crippen molar-refractivity contribution >= 4 is 23.0 Å². The van der Waals surface area contributed by atoms with Crippen molar-refractivity contribution < 1.29 is 4.90 Å². The number of anilines is 1. The fourth-order valence-electron chi connectivity index (χ4n) is 4.40. The number of piperidine rings is 1. The van der Waals surface area contributed by atoms with Crippen LogP contribution in [0, 0.1) is 13.8 Å². The summed E-state index contributed by atoms with van der Waals surface area (Å²) in [4.78, 5) is 4.13. The average molecular weight is 347 g/mol. The summed E-state index contributed by atoms with van der Waals surface area (Å²) >= 11 is 5.67. The Balaban J connectivity index is 1.51. The third-order valence-corrected chi connectivity index (χ3v) is 6.41. The fraction of sp³-hybridized carbons (Fsp3) is 0.650. The molecule has 1 heterocycles. The molecule has 0 bridgehead atoms. The van der Waals surface area contributed by atoms with E-state index >= 15 is 0 Å². The Morgan fingerprint density at radius 1 is 1.08 bits per heavy atom. The first-order chi connectivity index (χ1) is 11.5. The molecule has 1 aromatic carbocycles. The van der Waals surface area contributed by atoms with Gasteiger partial charge in [0.15, 0.2) is 5.11 Å². The standard InChI is InChI=1S/C20H31N3S/c1-15-8-9-19(16(2)14-15)21-20(24)23-12-10-18(11-13-23)22(3)17-6-4-5-7-17/h8-9,14,17-18H,4-7,10-13H2,1-3H3,(H,21,24)/p+1. The molecule has 3 nitrogen and oxygen atoms in total. The van der Waals surface area contributed by atoms with Gasteiger partial charge in [0.05, 0.1) is 19.1 Å². The van der Waals surface area contributed by atoms with Crippen LogP contribution < -0.4 is 10.2 Å². The van der Waals surface area contributed by atoms with Gasteiger partial charge < -0.3 is 15.1 Å². The van der Waals surface area contributed by atoms with Gasteiger partial charge in [-0.15, -0.1) is 0 Å². The molecule has 0 radical (unpaired) electrons. The smallest absolute Gasteiger partial charge is 0.173 e. The molecule has 2 N–H and O–H groups in total. The van der Waals surface area contributed by atoms with Crippen LogP contribution in [-0.2, 0) is 0 Å². The first kappa shape index (κ1) is 17.7. The molecule has 1 saturated carbocycles. The number of hydrogen-bond donors (Lipinski definition) is 2. The molecule has 1 saturated heterocycles. The van der Waals surface area contributed by atoms with Gasteiger partial charge in [-0.05, 0) is 63.4 Å². The highest BCUT2D eigenvalue weighted by Crippen LogP contribution is 2.19. The maximum atomic E-state index is 5.67. The number of benzene rings is 1. The third-order valence-electron chi connectivity index (χ3n) is 6.05. The van der Waals surface area contributed by atoms with Crippen molar-refractivity contribution in [2.45, 2.75) is 64.5 Å². The maximum absolute atomic E-state index is 5.67. The lowest BCUT2D eigenvalue weighted by Crippen LogP contribution is -3.16. The normalized spacial score (nSPS) is 21.0. The fourth-order valence-corrected chi connectivity index (χ4v) is 4.69. The predicted octanol–water partition coefficient (Wildman–Crippen LogP) is 2.92. The van der Waals surface area contributed by atoms with E-state index in [0.29, 0.717) is 0 Å². The van der Waals surface area contributed by atoms with E-state index in [0.717, 1.165) is 36.0 Å². The molecule has 1 atom stereocenters. The highest BCUT2D eigenvalue weighted by Gasteiger charge is 2.32. The molecule has 132 valence electrons. The molecule has 4 heteroatoms. The zero-order chi connectivity index (χ0) is 17.1. The van der Waals surface area contributed by atoms with Crippen molar-refractivity contribution in [2.24, 2.45) is 0 Å². The number of nitrogens with zero attached hydrogens (tertiary/aromatic N) is 1. The molecular formula is C20H32N3S+. The van der Waals surface area contributed by atoms with Crippen LogP contribution in [0.25, 0.3) is 0 Å². The van der Waals surface area contributed by atoms with Crippen molar-refractivity contribution in [1.29, 1.82) is 0 Å². The van der Waals surface area contributed by atoms with Crippen LogP contribution in [0.2, 0.25) is 0 Å². The Morgan fingerprint density at radius 2 is 1.71 bits per heavy atom. The molecule has 2 aliphatic rings. The second-order valence-corrected chi connectivity index (χ2v) is 8.12. The second-order valence-electron chi connectivity index (χ2n) is 7.74. The summed E-state index contributed by atoms with van der Waals surface area (Å²) in [6.07, 6.45) is 8.25. The average Bonchev–Trinajstić information content (AvgIpc) is 3.11. The van der Waals surface area contributed by atoms with Gasteiger partial charge in [-0.1, -0.05) is 17.7 Å². The van der Waals surface area contributed by atoms with E-state index in [2.05, 4.69) is 49.3 Å². The first-order valence-electron chi connectivity index (χ1n) is 9.51. The molecule has 2 fully saturated rings. The third kappa shape index (κ3) is 4.09. The van der Waals surface area contributed by atoms with Crippen molar-refractivity contribution in [3.05, 3.63) is 29.3 Å². The molecule has 1 unspecified atom stereocenters. The van der Waals surface area contributed by atoms with E-state index in [1.54, 1.807) is 4.90 Å². The van der Waals surface area contributed by atoms with Crippen LogP contribution in [0.4, 0.5) is 5.69 Å². The lowest BCUT2D eigenvalue weighted by atomic mass is 10.0. The topological polar surface area (TPSA) is 19.7 Å². The Labute approximate surface area is 152 Å². The van der Waals surface area contributed by atoms with Crippen LogP contribution >= 0.6 is 12.2 Å². The molecule has 3 rings (SSSR count). The number of likely N-dealkylation sites (tertiary alicyclic amines) is 1. The van der Waals surface area contributed by atoms with E-state index in [1.807, 2.05) is 0 Å². The van der Waals surface area contributed by atoms with Crippen molar-refractivity contribution in [2.75, 3.05) is 25.5 Å². The van der Waals surface area contributed by atoms with Gasteiger partial charge >= 0.3 is 0 Å². The van der Waals surface area contributed by atoms with Gasteiger partial charge in [-0.3, -0.25) is 0 Å². The molecule has 1 aromatic rings. The Hall–Kier alpha value is -1.13. The van der Waals surface area contributed by atoms with Gasteiger partial charge in [0.25, 0.3) is 0 Å². The van der Waals surface area contributed by atoms with Crippen LogP contribution in [0.1, 0.15) is 49.7 Å². The lowest BCUT2D eigenvalue weighted by molar-refractivity contribution is -0.931. The lowest BCUT2D eigenvalue weighted by Gasteiger charge is -2.38. The van der Waals surface area contributed by atoms with Crippen LogP contribution in [-0.4, -0.2) is 42.2 Å². The number of hydrogen-bond acceptors (Lipinski definition) is 1. The quantitative estimate of drug-likeness (QED) is 0.821. The SMILES string of the molecule is Cc1ccc(NC(=S)N2CCC([NH+](C)C3CCCC3)CC2)c(C)c1. The molecule has 1 aliphatic carbocycles. The Kier molecular flexibility index (Phi) is 5.77. The number of aryl methyl sites for hydroxylation is 2. The highest BCUT2D eigenvalue weighted by molar-refractivity contribution is 7.80. The first-order valence-corrected chi connectivity index (χ1v) is 9.92. The van der Waals surface area contributed by atoms with Crippen LogP contribution in [0.15, 0.2) is 18.2 Å². The summed E-state index contributed by atoms with van der Waals surface area (Å²) in [6, 6.07) is 8.21. The number of thiocarbonyl (C=S) groups is 1. The molecule has 0 amide bonds. The number of nitrogens with one attached hydrogen (secondary N) is 2. The monoisotopic (exact) mass is 346 g/mol. The largest absolute Gasteiger partial charge is 0.349 e. The summed E-state index contributed by atoms with van der Waals surface area (Å²) in [6.45, 7) is 6.45. The molecule has 1 aliphatic heterocycles. The molecule has 24 heavy (non-hydrogen) atoms. The van der Waals surface area contributed by atoms with E-state index < -0.39 is 0 Å². The van der Waals surface area contributed by atoms with E-state index in [-0.39, 0.29) is 0 Å². The van der Waals surface area contributed by atoms with E-state index in [4.69, 9.17) is 12.2 Å². The van der Waals surface area contributed by atoms with Gasteiger partial charge in [0.1, 0.15) is 0 Å². The minimum Gasteiger partial charge on any atom is -0.349 e. The minimum atomic E-state index is 0.813. The van der Waals surface area contributed by atoms with Crippen molar-refractivity contribution in [3.8, 4) is 0 Å². The van der Waals surface area contributed by atoms with Gasteiger partial charge in [0, 0.05) is 31.6 Å². The number of rotatable bonds is 3. The maximum Gasteiger partial charge on any atom is 0.173 e. The summed E-state index contributed by atoms with van der Waals surface area (Å²) in [5.41, 5.74) is 3.70. The predicted molar refractivity (Wildman–Crippen MR) is 106 cm³/mol. The van der Waals surface area contributed by atoms with E-state index in [9.17, 15) is 0 Å². The Bertz CT molecular complexity index is 572. The zero-order valence-corrected chi connectivity index (χ0v) is 16.2. The summed E-state index contributed by atoms with van der Waals surface area (Å²) in [5, 5.41) is 4.34. The second kappa shape index (κ2) is 7.83. The summed E-state index contributed by atoms with van der Waals surface area (Å²) in [7, 11) is 2.42. The van der Waals surface area contributed by atoms with Crippen LogP contribution in [0.3, 0.4) is 0 Å². The molecule has 0 spiro atoms.